The molecule has 0 fully saturated rings. The van der Waals surface area contributed by atoms with Crippen LogP contribution in [0.3, 0.4) is 0 Å². The molecule has 62 valence electrons. The molecule has 0 aliphatic carbocycles. The van der Waals surface area contributed by atoms with Gasteiger partial charge in [0.25, 0.3) is 0 Å². The predicted octanol–water partition coefficient (Wildman–Crippen LogP) is 1.03. The maximum Gasteiger partial charge on any atom is 0.228 e. The fourth-order valence-electron chi connectivity index (χ4n) is 1.24. The van der Waals surface area contributed by atoms with Crippen molar-refractivity contribution in [3.8, 4) is 5.75 Å². The van der Waals surface area contributed by atoms with E-state index in [-0.39, 0.29) is 18.0 Å². The fraction of sp³-hybridized carbons (Fsp3) is 0.125. The van der Waals surface area contributed by atoms with E-state index in [0.717, 1.165) is 0 Å². The van der Waals surface area contributed by atoms with Crippen LogP contribution in [-0.2, 0) is 11.2 Å². The Hall–Kier alpha value is -1.58. The number of amides is 1. The number of anilines is 1. The van der Waals surface area contributed by atoms with Crippen molar-refractivity contribution in [2.45, 2.75) is 6.42 Å². The Balaban J connectivity index is 2.61. The van der Waals surface area contributed by atoms with Crippen molar-refractivity contribution in [2.24, 2.45) is 0 Å². The number of rotatable bonds is 0. The topological polar surface area (TPSA) is 49.3 Å². The van der Waals surface area contributed by atoms with Gasteiger partial charge in [0.1, 0.15) is 0 Å². The van der Waals surface area contributed by atoms with E-state index in [4.69, 9.17) is 5.11 Å². The van der Waals surface area contributed by atoms with Gasteiger partial charge in [0.05, 0.1) is 12.1 Å². The van der Waals surface area contributed by atoms with Gasteiger partial charge in [-0.25, -0.2) is 4.39 Å². The summed E-state index contributed by atoms with van der Waals surface area (Å²) in [6.07, 6.45) is 0.187. The molecule has 0 aromatic heterocycles. The molecule has 4 heteroatoms. The van der Waals surface area contributed by atoms with Gasteiger partial charge < -0.3 is 10.4 Å². The van der Waals surface area contributed by atoms with E-state index in [0.29, 0.717) is 5.56 Å². The van der Waals surface area contributed by atoms with Crippen LogP contribution >= 0.6 is 0 Å². The Morgan fingerprint density at radius 3 is 3.00 bits per heavy atom. The van der Waals surface area contributed by atoms with Gasteiger partial charge in [0.2, 0.25) is 5.91 Å². The van der Waals surface area contributed by atoms with Gasteiger partial charge in [0.15, 0.2) is 11.6 Å². The Bertz CT molecular complexity index is 362. The van der Waals surface area contributed by atoms with E-state index in [2.05, 4.69) is 5.32 Å². The van der Waals surface area contributed by atoms with E-state index >= 15 is 0 Å². The molecule has 1 heterocycles. The number of carbonyl (C=O) groups excluding carboxylic acids is 1. The quantitative estimate of drug-likeness (QED) is 0.606. The molecule has 0 saturated heterocycles. The van der Waals surface area contributed by atoms with Crippen LogP contribution in [0.25, 0.3) is 0 Å². The van der Waals surface area contributed by atoms with E-state index < -0.39 is 11.6 Å². The molecule has 12 heavy (non-hydrogen) atoms. The highest BCUT2D eigenvalue weighted by atomic mass is 19.1. The Labute approximate surface area is 67.8 Å². The summed E-state index contributed by atoms with van der Waals surface area (Å²) in [6.45, 7) is 0. The smallest absolute Gasteiger partial charge is 0.228 e. The van der Waals surface area contributed by atoms with Gasteiger partial charge in [-0.1, -0.05) is 6.07 Å². The SMILES string of the molecule is O=C1Cc2ccc(O)c(F)c2N1. The number of halogens is 1. The van der Waals surface area contributed by atoms with Gasteiger partial charge in [-0.2, -0.15) is 0 Å². The number of nitrogens with one attached hydrogen (secondary N) is 1. The van der Waals surface area contributed by atoms with Crippen molar-refractivity contribution in [3.05, 3.63) is 23.5 Å². The van der Waals surface area contributed by atoms with Crippen LogP contribution in [0, 0.1) is 5.82 Å². The Kier molecular flexibility index (Phi) is 1.30. The molecule has 1 amide bonds. The van der Waals surface area contributed by atoms with Crippen LogP contribution in [0.15, 0.2) is 12.1 Å². The summed E-state index contributed by atoms with van der Waals surface area (Å²) in [5.41, 5.74) is 0.704. The lowest BCUT2D eigenvalue weighted by molar-refractivity contribution is -0.115. The predicted molar refractivity (Wildman–Crippen MR) is 40.4 cm³/mol. The minimum Gasteiger partial charge on any atom is -0.505 e. The first-order valence-electron chi connectivity index (χ1n) is 3.48. The van der Waals surface area contributed by atoms with Crippen molar-refractivity contribution in [3.63, 3.8) is 0 Å². The molecule has 0 atom stereocenters. The van der Waals surface area contributed by atoms with Crippen molar-refractivity contribution >= 4 is 11.6 Å². The first kappa shape index (κ1) is 7.09. The van der Waals surface area contributed by atoms with Crippen LogP contribution < -0.4 is 5.32 Å². The zero-order valence-electron chi connectivity index (χ0n) is 6.10. The molecule has 1 aromatic rings. The Morgan fingerprint density at radius 2 is 2.25 bits per heavy atom. The average Bonchev–Trinajstić information content (AvgIpc) is 2.39. The fourth-order valence-corrected chi connectivity index (χ4v) is 1.24. The third-order valence-corrected chi connectivity index (χ3v) is 1.82. The third-order valence-electron chi connectivity index (χ3n) is 1.82. The summed E-state index contributed by atoms with van der Waals surface area (Å²) in [6, 6.07) is 2.78. The Morgan fingerprint density at radius 1 is 1.50 bits per heavy atom. The number of hydrogen-bond acceptors (Lipinski definition) is 2. The number of benzene rings is 1. The highest BCUT2D eigenvalue weighted by Crippen LogP contribution is 2.31. The number of phenolic OH excluding ortho intramolecular Hbond substituents is 1. The first-order valence-corrected chi connectivity index (χ1v) is 3.48. The minimum atomic E-state index is -0.752. The second-order valence-corrected chi connectivity index (χ2v) is 2.66. The average molecular weight is 167 g/mol. The van der Waals surface area contributed by atoms with Crippen LogP contribution in [0.5, 0.6) is 5.75 Å². The van der Waals surface area contributed by atoms with Gasteiger partial charge in [0, 0.05) is 0 Å². The summed E-state index contributed by atoms with van der Waals surface area (Å²) in [7, 11) is 0. The monoisotopic (exact) mass is 167 g/mol. The molecule has 0 spiro atoms. The second kappa shape index (κ2) is 2.20. The second-order valence-electron chi connectivity index (χ2n) is 2.66. The zero-order valence-corrected chi connectivity index (χ0v) is 6.10. The lowest BCUT2D eigenvalue weighted by atomic mass is 10.1. The maximum atomic E-state index is 13.0. The molecule has 1 aromatic carbocycles. The molecule has 0 radical (unpaired) electrons. The molecule has 0 unspecified atom stereocenters. The molecule has 1 aliphatic heterocycles. The highest BCUT2D eigenvalue weighted by molar-refractivity contribution is 5.99. The van der Waals surface area contributed by atoms with Gasteiger partial charge in [-0.05, 0) is 11.6 Å². The van der Waals surface area contributed by atoms with E-state index in [1.165, 1.54) is 12.1 Å². The van der Waals surface area contributed by atoms with E-state index in [1.54, 1.807) is 0 Å². The van der Waals surface area contributed by atoms with Gasteiger partial charge in [-0.3, -0.25) is 4.79 Å². The number of hydrogen-bond donors (Lipinski definition) is 2. The third kappa shape index (κ3) is 0.845. The normalized spacial score (nSPS) is 14.2. The summed E-state index contributed by atoms with van der Waals surface area (Å²) >= 11 is 0. The first-order chi connectivity index (χ1) is 5.68. The summed E-state index contributed by atoms with van der Waals surface area (Å²) in [5, 5.41) is 11.3. The lowest BCUT2D eigenvalue weighted by Gasteiger charge is -2.00. The van der Waals surface area contributed by atoms with Crippen molar-refractivity contribution < 1.29 is 14.3 Å². The molecule has 1 aliphatic rings. The van der Waals surface area contributed by atoms with Crippen molar-refractivity contribution in [2.75, 3.05) is 5.32 Å². The van der Waals surface area contributed by atoms with Crippen LogP contribution in [0.2, 0.25) is 0 Å². The molecule has 3 nitrogen and oxygen atoms in total. The highest BCUT2D eigenvalue weighted by Gasteiger charge is 2.22. The van der Waals surface area contributed by atoms with Gasteiger partial charge in [-0.15, -0.1) is 0 Å². The molecule has 0 bridgehead atoms. The summed E-state index contributed by atoms with van der Waals surface area (Å²) < 4.78 is 13.0. The maximum absolute atomic E-state index is 13.0. The number of aromatic hydroxyl groups is 1. The molecular weight excluding hydrogens is 161 g/mol. The largest absolute Gasteiger partial charge is 0.505 e. The van der Waals surface area contributed by atoms with Gasteiger partial charge >= 0.3 is 0 Å². The summed E-state index contributed by atoms with van der Waals surface area (Å²) in [5.74, 6) is -1.43. The van der Waals surface area contributed by atoms with E-state index in [9.17, 15) is 9.18 Å². The minimum absolute atomic E-state index is 0.111. The van der Waals surface area contributed by atoms with Crippen LogP contribution in [0.4, 0.5) is 10.1 Å². The molecule has 2 N–H and O–H groups in total. The van der Waals surface area contributed by atoms with Crippen LogP contribution in [0.1, 0.15) is 5.56 Å². The number of phenols is 1. The van der Waals surface area contributed by atoms with Crippen molar-refractivity contribution in [1.82, 2.24) is 0 Å². The van der Waals surface area contributed by atoms with Crippen molar-refractivity contribution in [1.29, 1.82) is 0 Å². The molecule has 2 rings (SSSR count). The number of carbonyl (C=O) groups is 1. The van der Waals surface area contributed by atoms with Crippen LogP contribution in [-0.4, -0.2) is 11.0 Å². The standard InChI is InChI=1S/C8H6FNO2/c9-7-5(11)2-1-4-3-6(12)10-8(4)7/h1-2,11H,3H2,(H,10,12). The molecule has 0 saturated carbocycles. The van der Waals surface area contributed by atoms with E-state index in [1.807, 2.05) is 0 Å². The molecular formula is C8H6FNO2. The zero-order chi connectivity index (χ0) is 8.72. The summed E-state index contributed by atoms with van der Waals surface area (Å²) in [4.78, 5) is 10.8. The number of fused-ring (bicyclic) bond motifs is 1. The lowest BCUT2D eigenvalue weighted by Crippen LogP contribution is -2.04.